The fourth-order valence-corrected chi connectivity index (χ4v) is 3.97. The van der Waals surface area contributed by atoms with Gasteiger partial charge in [0.05, 0.1) is 0 Å². The molecule has 19 heavy (non-hydrogen) atoms. The first kappa shape index (κ1) is 13.1. The summed E-state index contributed by atoms with van der Waals surface area (Å²) >= 11 is 6.87. The lowest BCUT2D eigenvalue weighted by Crippen LogP contribution is -2.15. The molecular weight excluding hydrogens is 368 g/mol. The van der Waals surface area contributed by atoms with Gasteiger partial charge in [0.1, 0.15) is 0 Å². The Bertz CT molecular complexity index is 604. The highest BCUT2D eigenvalue weighted by Crippen LogP contribution is 2.30. The average molecular weight is 380 g/mol. The van der Waals surface area contributed by atoms with Crippen molar-refractivity contribution in [3.8, 4) is 0 Å². The fraction of sp³-hybridized carbons (Fsp3) is 0.188. The predicted molar refractivity (Wildman–Crippen MR) is 83.5 cm³/mol. The van der Waals surface area contributed by atoms with Crippen molar-refractivity contribution in [2.75, 3.05) is 0 Å². The van der Waals surface area contributed by atoms with Crippen LogP contribution in [0.15, 0.2) is 51.4 Å². The van der Waals surface area contributed by atoms with Gasteiger partial charge < -0.3 is 0 Å². The van der Waals surface area contributed by atoms with Crippen molar-refractivity contribution < 1.29 is 4.79 Å². The van der Waals surface area contributed by atoms with Crippen LogP contribution in [0.5, 0.6) is 0 Å². The number of hydrogen-bond donors (Lipinski definition) is 0. The highest BCUT2D eigenvalue weighted by atomic mass is 79.9. The van der Waals surface area contributed by atoms with E-state index in [1.165, 1.54) is 11.1 Å². The highest BCUT2D eigenvalue weighted by Gasteiger charge is 2.27. The van der Waals surface area contributed by atoms with E-state index in [4.69, 9.17) is 0 Å². The minimum Gasteiger partial charge on any atom is -0.294 e. The van der Waals surface area contributed by atoms with Crippen molar-refractivity contribution in [3.05, 3.63) is 68.1 Å². The molecule has 0 amide bonds. The van der Waals surface area contributed by atoms with E-state index in [9.17, 15) is 4.79 Å². The van der Waals surface area contributed by atoms with Crippen LogP contribution in [0, 0.1) is 5.92 Å². The SMILES string of the molecule is O=C(c1cc(Br)cc(Br)c1)C1Cc2ccccc2C1. The molecule has 0 aliphatic heterocycles. The standard InChI is InChI=1S/C16H12Br2O/c17-14-7-13(8-15(18)9-14)16(19)12-5-10-3-1-2-4-11(10)6-12/h1-4,7-9,12H,5-6H2. The van der Waals surface area contributed by atoms with Crippen LogP contribution in [-0.4, -0.2) is 5.78 Å². The minimum absolute atomic E-state index is 0.0820. The zero-order valence-corrected chi connectivity index (χ0v) is 13.4. The molecule has 0 bridgehead atoms. The summed E-state index contributed by atoms with van der Waals surface area (Å²) in [5.74, 6) is 0.316. The molecule has 1 aliphatic carbocycles. The number of fused-ring (bicyclic) bond motifs is 1. The minimum atomic E-state index is 0.0820. The maximum atomic E-state index is 12.6. The van der Waals surface area contributed by atoms with E-state index in [2.05, 4.69) is 44.0 Å². The average Bonchev–Trinajstić information content (AvgIpc) is 2.80. The maximum absolute atomic E-state index is 12.6. The summed E-state index contributed by atoms with van der Waals surface area (Å²) in [6.45, 7) is 0. The molecule has 0 saturated carbocycles. The van der Waals surface area contributed by atoms with Crippen LogP contribution < -0.4 is 0 Å². The van der Waals surface area contributed by atoms with Crippen molar-refractivity contribution in [3.63, 3.8) is 0 Å². The van der Waals surface area contributed by atoms with Gasteiger partial charge in [-0.15, -0.1) is 0 Å². The summed E-state index contributed by atoms with van der Waals surface area (Å²) < 4.78 is 1.86. The second-order valence-corrected chi connectivity index (χ2v) is 6.73. The van der Waals surface area contributed by atoms with E-state index in [-0.39, 0.29) is 11.7 Å². The summed E-state index contributed by atoms with van der Waals surface area (Å²) in [6.07, 6.45) is 1.72. The Morgan fingerprint density at radius 3 is 2.00 bits per heavy atom. The van der Waals surface area contributed by atoms with Crippen LogP contribution in [0.4, 0.5) is 0 Å². The molecule has 0 heterocycles. The molecule has 3 heteroatoms. The quantitative estimate of drug-likeness (QED) is 0.684. The van der Waals surface area contributed by atoms with Gasteiger partial charge in [0, 0.05) is 20.4 Å². The monoisotopic (exact) mass is 378 g/mol. The molecular formula is C16H12Br2O. The first-order valence-electron chi connectivity index (χ1n) is 6.20. The molecule has 3 rings (SSSR count). The van der Waals surface area contributed by atoms with Crippen molar-refractivity contribution in [2.45, 2.75) is 12.8 Å². The first-order valence-corrected chi connectivity index (χ1v) is 7.79. The van der Waals surface area contributed by atoms with Crippen molar-refractivity contribution in [2.24, 2.45) is 5.92 Å². The zero-order chi connectivity index (χ0) is 13.4. The first-order chi connectivity index (χ1) is 9.13. The van der Waals surface area contributed by atoms with Gasteiger partial charge in [0.2, 0.25) is 0 Å². The molecule has 1 aliphatic rings. The van der Waals surface area contributed by atoms with Gasteiger partial charge in [-0.3, -0.25) is 4.79 Å². The third-order valence-electron chi connectivity index (χ3n) is 3.57. The summed E-state index contributed by atoms with van der Waals surface area (Å²) in [4.78, 5) is 12.6. The second-order valence-electron chi connectivity index (χ2n) is 4.90. The van der Waals surface area contributed by atoms with Crippen LogP contribution in [0.3, 0.4) is 0 Å². The largest absolute Gasteiger partial charge is 0.294 e. The molecule has 0 fully saturated rings. The predicted octanol–water partition coefficient (Wildman–Crippen LogP) is 4.81. The number of carbonyl (C=O) groups excluding carboxylic acids is 1. The van der Waals surface area contributed by atoms with E-state index < -0.39 is 0 Å². The zero-order valence-electron chi connectivity index (χ0n) is 10.2. The molecule has 2 aromatic carbocycles. The number of halogens is 2. The fourth-order valence-electron chi connectivity index (χ4n) is 2.68. The number of hydrogen-bond acceptors (Lipinski definition) is 1. The molecule has 2 aromatic rings. The van der Waals surface area contributed by atoms with Gasteiger partial charge in [-0.25, -0.2) is 0 Å². The van der Waals surface area contributed by atoms with Crippen LogP contribution in [-0.2, 0) is 12.8 Å². The van der Waals surface area contributed by atoms with E-state index in [1.54, 1.807) is 0 Å². The maximum Gasteiger partial charge on any atom is 0.166 e. The lowest BCUT2D eigenvalue weighted by Gasteiger charge is -2.09. The number of Topliss-reactive ketones (excluding diaryl/α,β-unsaturated/α-hetero) is 1. The van der Waals surface area contributed by atoms with E-state index in [0.717, 1.165) is 27.4 Å². The third-order valence-corrected chi connectivity index (χ3v) is 4.48. The Hall–Kier alpha value is -0.930. The van der Waals surface area contributed by atoms with E-state index in [0.29, 0.717) is 0 Å². The molecule has 0 radical (unpaired) electrons. The summed E-state index contributed by atoms with van der Waals surface area (Å²) in [5, 5.41) is 0. The number of carbonyl (C=O) groups is 1. The molecule has 0 spiro atoms. The molecule has 0 unspecified atom stereocenters. The lowest BCUT2D eigenvalue weighted by atomic mass is 9.95. The Kier molecular flexibility index (Phi) is 3.59. The van der Waals surface area contributed by atoms with Crippen LogP contribution in [0.25, 0.3) is 0 Å². The molecule has 1 nitrogen and oxygen atoms in total. The van der Waals surface area contributed by atoms with E-state index in [1.807, 2.05) is 30.3 Å². The Labute approximate surface area is 129 Å². The van der Waals surface area contributed by atoms with Crippen molar-refractivity contribution in [1.29, 1.82) is 0 Å². The Morgan fingerprint density at radius 2 is 1.47 bits per heavy atom. The summed E-state index contributed by atoms with van der Waals surface area (Å²) in [5.41, 5.74) is 3.41. The van der Waals surface area contributed by atoms with Gasteiger partial charge >= 0.3 is 0 Å². The molecule has 96 valence electrons. The van der Waals surface area contributed by atoms with Crippen LogP contribution in [0.2, 0.25) is 0 Å². The van der Waals surface area contributed by atoms with E-state index >= 15 is 0 Å². The third kappa shape index (κ3) is 2.67. The second kappa shape index (κ2) is 5.22. The topological polar surface area (TPSA) is 17.1 Å². The van der Waals surface area contributed by atoms with Gasteiger partial charge in [-0.2, -0.15) is 0 Å². The van der Waals surface area contributed by atoms with Gasteiger partial charge in [0.15, 0.2) is 5.78 Å². The smallest absolute Gasteiger partial charge is 0.166 e. The molecule has 0 saturated heterocycles. The van der Waals surface area contributed by atoms with Crippen LogP contribution >= 0.6 is 31.9 Å². The van der Waals surface area contributed by atoms with Gasteiger partial charge in [-0.1, -0.05) is 56.1 Å². The Morgan fingerprint density at radius 1 is 0.947 bits per heavy atom. The molecule has 0 N–H and O–H groups in total. The van der Waals surface area contributed by atoms with Gasteiger partial charge in [-0.05, 0) is 42.2 Å². The van der Waals surface area contributed by atoms with Crippen molar-refractivity contribution in [1.82, 2.24) is 0 Å². The van der Waals surface area contributed by atoms with Crippen molar-refractivity contribution >= 4 is 37.6 Å². The highest BCUT2D eigenvalue weighted by molar-refractivity contribution is 9.11. The lowest BCUT2D eigenvalue weighted by molar-refractivity contribution is 0.0924. The number of rotatable bonds is 2. The summed E-state index contributed by atoms with van der Waals surface area (Å²) in [7, 11) is 0. The Balaban J connectivity index is 1.87. The normalized spacial score (nSPS) is 14.4. The summed E-state index contributed by atoms with van der Waals surface area (Å²) in [6, 6.07) is 14.1. The van der Waals surface area contributed by atoms with Gasteiger partial charge in [0.25, 0.3) is 0 Å². The van der Waals surface area contributed by atoms with Crippen LogP contribution in [0.1, 0.15) is 21.5 Å². The molecule has 0 atom stereocenters. The molecule has 0 aromatic heterocycles. The number of ketones is 1. The number of benzene rings is 2.